The van der Waals surface area contributed by atoms with Gasteiger partial charge in [0.1, 0.15) is 5.82 Å². The van der Waals surface area contributed by atoms with Crippen LogP contribution >= 0.6 is 11.6 Å². The van der Waals surface area contributed by atoms with Crippen molar-refractivity contribution in [2.45, 2.75) is 6.54 Å². The lowest BCUT2D eigenvalue weighted by atomic mass is 10.1. The summed E-state index contributed by atoms with van der Waals surface area (Å²) in [5, 5.41) is 4.70. The average Bonchev–Trinajstić information content (AvgIpc) is 2.91. The minimum absolute atomic E-state index is 0.345. The Morgan fingerprint density at radius 2 is 2.00 bits per heavy atom. The van der Waals surface area contributed by atoms with E-state index in [1.165, 1.54) is 12.1 Å². The first-order chi connectivity index (χ1) is 10.1. The summed E-state index contributed by atoms with van der Waals surface area (Å²) in [5.41, 5.74) is 9.35. The molecule has 0 atom stereocenters. The van der Waals surface area contributed by atoms with Crippen molar-refractivity contribution >= 4 is 17.3 Å². The average molecular weight is 302 g/mol. The molecule has 2 aromatic carbocycles. The Kier molecular flexibility index (Phi) is 3.62. The van der Waals surface area contributed by atoms with Gasteiger partial charge in [-0.1, -0.05) is 35.9 Å². The number of anilines is 1. The third kappa shape index (κ3) is 2.90. The maximum atomic E-state index is 13.0. The maximum Gasteiger partial charge on any atom is 0.124 e. The van der Waals surface area contributed by atoms with Gasteiger partial charge >= 0.3 is 0 Å². The fourth-order valence-corrected chi connectivity index (χ4v) is 2.40. The fraction of sp³-hybridized carbons (Fsp3) is 0.0625. The molecule has 0 spiro atoms. The Morgan fingerprint density at radius 3 is 2.76 bits per heavy atom. The second-order valence-corrected chi connectivity index (χ2v) is 5.16. The van der Waals surface area contributed by atoms with Crippen LogP contribution in [0.1, 0.15) is 5.56 Å². The highest BCUT2D eigenvalue weighted by Gasteiger charge is 2.07. The van der Waals surface area contributed by atoms with Gasteiger partial charge in [-0.3, -0.25) is 4.68 Å². The molecule has 21 heavy (non-hydrogen) atoms. The van der Waals surface area contributed by atoms with Crippen LogP contribution in [0.15, 0.2) is 54.9 Å². The van der Waals surface area contributed by atoms with E-state index in [2.05, 4.69) is 5.10 Å². The summed E-state index contributed by atoms with van der Waals surface area (Å²) in [6, 6.07) is 12.0. The van der Waals surface area contributed by atoms with E-state index in [-0.39, 0.29) is 5.82 Å². The van der Waals surface area contributed by atoms with Crippen LogP contribution in [0.4, 0.5) is 10.1 Å². The van der Waals surface area contributed by atoms with Crippen LogP contribution in [0, 0.1) is 5.82 Å². The molecule has 0 saturated heterocycles. The molecule has 3 rings (SSSR count). The summed E-state index contributed by atoms with van der Waals surface area (Å²) in [5.74, 6) is -0.345. The van der Waals surface area contributed by atoms with E-state index in [1.54, 1.807) is 16.9 Å². The number of nitrogens with zero attached hydrogens (tertiary/aromatic N) is 2. The zero-order chi connectivity index (χ0) is 14.8. The topological polar surface area (TPSA) is 43.8 Å². The Balaban J connectivity index is 1.87. The van der Waals surface area contributed by atoms with Crippen LogP contribution in [-0.2, 0) is 6.54 Å². The van der Waals surface area contributed by atoms with E-state index in [1.807, 2.05) is 30.5 Å². The third-order valence-electron chi connectivity index (χ3n) is 3.25. The smallest absolute Gasteiger partial charge is 0.124 e. The maximum absolute atomic E-state index is 13.0. The molecule has 0 bridgehead atoms. The number of hydrogen-bond donors (Lipinski definition) is 1. The number of halogens is 2. The molecule has 1 aromatic heterocycles. The van der Waals surface area contributed by atoms with Crippen LogP contribution < -0.4 is 5.73 Å². The van der Waals surface area contributed by atoms with Gasteiger partial charge in [-0.2, -0.15) is 5.10 Å². The lowest BCUT2D eigenvalue weighted by molar-refractivity contribution is 0.624. The molecular weight excluding hydrogens is 289 g/mol. The summed E-state index contributed by atoms with van der Waals surface area (Å²) in [6.07, 6.45) is 3.65. The first-order valence-electron chi connectivity index (χ1n) is 6.45. The third-order valence-corrected chi connectivity index (χ3v) is 3.60. The number of para-hydroxylation sites is 1. The summed E-state index contributed by atoms with van der Waals surface area (Å²) < 4.78 is 14.8. The van der Waals surface area contributed by atoms with Gasteiger partial charge in [-0.05, 0) is 23.8 Å². The van der Waals surface area contributed by atoms with Crippen molar-refractivity contribution in [3.05, 3.63) is 71.3 Å². The molecule has 0 saturated carbocycles. The molecule has 0 amide bonds. The van der Waals surface area contributed by atoms with Gasteiger partial charge in [0.2, 0.25) is 0 Å². The van der Waals surface area contributed by atoms with Gasteiger partial charge < -0.3 is 5.73 Å². The second-order valence-electron chi connectivity index (χ2n) is 4.75. The lowest BCUT2D eigenvalue weighted by Gasteiger charge is -2.05. The predicted octanol–water partition coefficient (Wildman–Crippen LogP) is 3.97. The van der Waals surface area contributed by atoms with Gasteiger partial charge in [-0.25, -0.2) is 4.39 Å². The van der Waals surface area contributed by atoms with Crippen molar-refractivity contribution in [1.29, 1.82) is 0 Å². The van der Waals surface area contributed by atoms with Gasteiger partial charge in [0.25, 0.3) is 0 Å². The van der Waals surface area contributed by atoms with E-state index >= 15 is 0 Å². The zero-order valence-electron chi connectivity index (χ0n) is 11.1. The molecule has 106 valence electrons. The lowest BCUT2D eigenvalue weighted by Crippen LogP contribution is -2.00. The molecule has 0 aliphatic rings. The molecule has 0 unspecified atom stereocenters. The van der Waals surface area contributed by atoms with Crippen LogP contribution in [0.2, 0.25) is 5.02 Å². The van der Waals surface area contributed by atoms with Crippen LogP contribution in [0.3, 0.4) is 0 Å². The molecule has 3 aromatic rings. The number of benzene rings is 2. The minimum Gasteiger partial charge on any atom is -0.398 e. The van der Waals surface area contributed by atoms with Crippen molar-refractivity contribution in [3.63, 3.8) is 0 Å². The van der Waals surface area contributed by atoms with E-state index < -0.39 is 0 Å². The number of rotatable bonds is 3. The summed E-state index contributed by atoms with van der Waals surface area (Å²) in [7, 11) is 0. The summed E-state index contributed by atoms with van der Waals surface area (Å²) in [4.78, 5) is 0. The standard InChI is InChI=1S/C16H13ClFN3/c17-15-7-13(18)6-5-11(15)9-21-10-12(8-20-21)14-3-1-2-4-16(14)19/h1-8,10H,9,19H2. The molecular formula is C16H13ClFN3. The largest absolute Gasteiger partial charge is 0.398 e. The highest BCUT2D eigenvalue weighted by atomic mass is 35.5. The number of aromatic nitrogens is 2. The van der Waals surface area contributed by atoms with E-state index in [9.17, 15) is 4.39 Å². The summed E-state index contributed by atoms with van der Waals surface area (Å²) in [6.45, 7) is 0.478. The Hall–Kier alpha value is -2.33. The minimum atomic E-state index is -0.345. The van der Waals surface area contributed by atoms with Gasteiger partial charge in [0, 0.05) is 28.0 Å². The van der Waals surface area contributed by atoms with Crippen molar-refractivity contribution in [2.24, 2.45) is 0 Å². The highest BCUT2D eigenvalue weighted by Crippen LogP contribution is 2.25. The van der Waals surface area contributed by atoms with Crippen molar-refractivity contribution < 1.29 is 4.39 Å². The predicted molar refractivity (Wildman–Crippen MR) is 82.6 cm³/mol. The van der Waals surface area contributed by atoms with Crippen molar-refractivity contribution in [1.82, 2.24) is 9.78 Å². The Labute approximate surface area is 126 Å². The second kappa shape index (κ2) is 5.58. The zero-order valence-corrected chi connectivity index (χ0v) is 11.9. The normalized spacial score (nSPS) is 10.8. The molecule has 0 aliphatic carbocycles. The first kappa shape index (κ1) is 13.6. The quantitative estimate of drug-likeness (QED) is 0.744. The Bertz CT molecular complexity index is 783. The molecule has 5 heteroatoms. The van der Waals surface area contributed by atoms with Gasteiger partial charge in [0.15, 0.2) is 0 Å². The van der Waals surface area contributed by atoms with E-state index in [0.717, 1.165) is 16.7 Å². The molecule has 2 N–H and O–H groups in total. The fourth-order valence-electron chi connectivity index (χ4n) is 2.17. The van der Waals surface area contributed by atoms with Crippen LogP contribution in [0.5, 0.6) is 0 Å². The Morgan fingerprint density at radius 1 is 1.19 bits per heavy atom. The SMILES string of the molecule is Nc1ccccc1-c1cnn(Cc2ccc(F)cc2Cl)c1. The summed E-state index contributed by atoms with van der Waals surface area (Å²) >= 11 is 6.03. The molecule has 0 radical (unpaired) electrons. The molecule has 1 heterocycles. The van der Waals surface area contributed by atoms with Crippen molar-refractivity contribution in [3.8, 4) is 11.1 Å². The molecule has 0 aliphatic heterocycles. The van der Waals surface area contributed by atoms with Crippen molar-refractivity contribution in [2.75, 3.05) is 5.73 Å². The van der Waals surface area contributed by atoms with Crippen LogP contribution in [0.25, 0.3) is 11.1 Å². The number of nitrogens with two attached hydrogens (primary N) is 1. The van der Waals surface area contributed by atoms with E-state index in [4.69, 9.17) is 17.3 Å². The highest BCUT2D eigenvalue weighted by molar-refractivity contribution is 6.31. The molecule has 0 fully saturated rings. The number of hydrogen-bond acceptors (Lipinski definition) is 2. The van der Waals surface area contributed by atoms with E-state index in [0.29, 0.717) is 17.3 Å². The van der Waals surface area contributed by atoms with Crippen LogP contribution in [-0.4, -0.2) is 9.78 Å². The molecule has 3 nitrogen and oxygen atoms in total. The van der Waals surface area contributed by atoms with Gasteiger partial charge in [-0.15, -0.1) is 0 Å². The number of nitrogen functional groups attached to an aromatic ring is 1. The monoisotopic (exact) mass is 301 g/mol. The van der Waals surface area contributed by atoms with Gasteiger partial charge in [0.05, 0.1) is 12.7 Å². The first-order valence-corrected chi connectivity index (χ1v) is 6.82.